The summed E-state index contributed by atoms with van der Waals surface area (Å²) in [7, 11) is 1.51. The summed E-state index contributed by atoms with van der Waals surface area (Å²) >= 11 is 5.53. The molecule has 0 aliphatic carbocycles. The molecular weight excluding hydrogens is 232 g/mol. The fraction of sp³-hybridized carbons (Fsp3) is 0.0909. The molecule has 0 heterocycles. The average Bonchev–Trinajstić information content (AvgIpc) is 2.27. The summed E-state index contributed by atoms with van der Waals surface area (Å²) < 4.78 is 4.92. The standard InChI is InChI=1S/C11H9ClO4/c1-16-8-4-2-7(3-5-8)11(15)9(12)6-10(13)14/h2-6H,1H3,(H,13,14)/b9-6+. The first-order valence-electron chi connectivity index (χ1n) is 4.33. The van der Waals surface area contributed by atoms with Crippen LogP contribution in [0.1, 0.15) is 10.4 Å². The summed E-state index contributed by atoms with van der Waals surface area (Å²) in [5, 5.41) is 8.09. The van der Waals surface area contributed by atoms with Gasteiger partial charge in [0.15, 0.2) is 0 Å². The van der Waals surface area contributed by atoms with Crippen LogP contribution in [0.5, 0.6) is 5.75 Å². The number of hydrogen-bond acceptors (Lipinski definition) is 3. The lowest BCUT2D eigenvalue weighted by Crippen LogP contribution is -2.01. The van der Waals surface area contributed by atoms with Gasteiger partial charge >= 0.3 is 5.97 Å². The van der Waals surface area contributed by atoms with Crippen LogP contribution in [-0.2, 0) is 4.79 Å². The van der Waals surface area contributed by atoms with Crippen molar-refractivity contribution in [3.05, 3.63) is 40.9 Å². The minimum atomic E-state index is -1.26. The molecular formula is C11H9ClO4. The highest BCUT2D eigenvalue weighted by atomic mass is 35.5. The lowest BCUT2D eigenvalue weighted by Gasteiger charge is -2.01. The van der Waals surface area contributed by atoms with Crippen LogP contribution < -0.4 is 4.74 Å². The molecule has 0 aromatic heterocycles. The van der Waals surface area contributed by atoms with Crippen LogP contribution >= 0.6 is 11.6 Å². The summed E-state index contributed by atoms with van der Waals surface area (Å²) in [6.07, 6.45) is 0.661. The molecule has 0 aliphatic heterocycles. The molecule has 0 unspecified atom stereocenters. The van der Waals surface area contributed by atoms with Crippen molar-refractivity contribution in [2.75, 3.05) is 7.11 Å². The molecule has 1 rings (SSSR count). The molecule has 4 nitrogen and oxygen atoms in total. The molecule has 84 valence electrons. The Hall–Kier alpha value is -1.81. The maximum Gasteiger partial charge on any atom is 0.329 e. The highest BCUT2D eigenvalue weighted by molar-refractivity contribution is 6.46. The van der Waals surface area contributed by atoms with E-state index in [1.165, 1.54) is 19.2 Å². The third-order valence-electron chi connectivity index (χ3n) is 1.82. The summed E-state index contributed by atoms with van der Waals surface area (Å²) in [5.74, 6) is -1.19. The van der Waals surface area contributed by atoms with Crippen molar-refractivity contribution in [1.29, 1.82) is 0 Å². The monoisotopic (exact) mass is 240 g/mol. The van der Waals surface area contributed by atoms with Crippen molar-refractivity contribution in [2.45, 2.75) is 0 Å². The average molecular weight is 241 g/mol. The van der Waals surface area contributed by atoms with Gasteiger partial charge in [-0.1, -0.05) is 11.6 Å². The number of benzene rings is 1. The van der Waals surface area contributed by atoms with E-state index in [-0.39, 0.29) is 5.03 Å². The van der Waals surface area contributed by atoms with Gasteiger partial charge in [0, 0.05) is 11.6 Å². The molecule has 0 saturated carbocycles. The van der Waals surface area contributed by atoms with Gasteiger partial charge in [0.05, 0.1) is 12.1 Å². The van der Waals surface area contributed by atoms with E-state index in [0.29, 0.717) is 17.4 Å². The minimum Gasteiger partial charge on any atom is -0.497 e. The Morgan fingerprint density at radius 3 is 2.31 bits per heavy atom. The number of ether oxygens (including phenoxy) is 1. The normalized spacial score (nSPS) is 11.0. The zero-order chi connectivity index (χ0) is 12.1. The number of hydrogen-bond donors (Lipinski definition) is 1. The third-order valence-corrected chi connectivity index (χ3v) is 2.10. The van der Waals surface area contributed by atoms with Gasteiger partial charge < -0.3 is 9.84 Å². The van der Waals surface area contributed by atoms with Crippen molar-refractivity contribution >= 4 is 23.4 Å². The maximum absolute atomic E-state index is 11.6. The molecule has 1 aromatic rings. The fourth-order valence-electron chi connectivity index (χ4n) is 1.05. The molecule has 0 bridgehead atoms. The Balaban J connectivity index is 2.92. The number of aliphatic carboxylic acids is 1. The van der Waals surface area contributed by atoms with Crippen LogP contribution in [0, 0.1) is 0 Å². The van der Waals surface area contributed by atoms with Gasteiger partial charge in [-0.25, -0.2) is 4.79 Å². The van der Waals surface area contributed by atoms with Crippen molar-refractivity contribution < 1.29 is 19.4 Å². The molecule has 0 spiro atoms. The quantitative estimate of drug-likeness (QED) is 0.647. The van der Waals surface area contributed by atoms with E-state index in [1.54, 1.807) is 12.1 Å². The number of carbonyl (C=O) groups excluding carboxylic acids is 1. The number of carboxylic acids is 1. The van der Waals surface area contributed by atoms with Crippen molar-refractivity contribution in [3.63, 3.8) is 0 Å². The maximum atomic E-state index is 11.6. The van der Waals surface area contributed by atoms with E-state index < -0.39 is 11.8 Å². The largest absolute Gasteiger partial charge is 0.497 e. The van der Waals surface area contributed by atoms with Gasteiger partial charge in [0.1, 0.15) is 5.75 Å². The number of ketones is 1. The van der Waals surface area contributed by atoms with E-state index in [4.69, 9.17) is 21.4 Å². The summed E-state index contributed by atoms with van der Waals surface area (Å²) in [5.41, 5.74) is 0.309. The second kappa shape index (κ2) is 5.32. The van der Waals surface area contributed by atoms with E-state index in [0.717, 1.165) is 0 Å². The van der Waals surface area contributed by atoms with Gasteiger partial charge in [0.2, 0.25) is 5.78 Å². The predicted molar refractivity (Wildman–Crippen MR) is 58.9 cm³/mol. The Morgan fingerprint density at radius 2 is 1.88 bits per heavy atom. The van der Waals surface area contributed by atoms with Gasteiger partial charge in [-0.05, 0) is 24.3 Å². The van der Waals surface area contributed by atoms with Crippen LogP contribution in [-0.4, -0.2) is 24.0 Å². The van der Waals surface area contributed by atoms with Crippen LogP contribution in [0.3, 0.4) is 0 Å². The van der Waals surface area contributed by atoms with Crippen LogP contribution in [0.4, 0.5) is 0 Å². The second-order valence-corrected chi connectivity index (χ2v) is 3.30. The molecule has 0 amide bonds. The summed E-state index contributed by atoms with van der Waals surface area (Å²) in [6, 6.07) is 6.22. The molecule has 0 fully saturated rings. The Kier molecular flexibility index (Phi) is 4.08. The Morgan fingerprint density at radius 1 is 1.31 bits per heavy atom. The SMILES string of the molecule is COc1ccc(C(=O)/C(Cl)=C\C(=O)O)cc1. The van der Waals surface area contributed by atoms with Crippen LogP contribution in [0.15, 0.2) is 35.4 Å². The number of halogens is 1. The lowest BCUT2D eigenvalue weighted by atomic mass is 10.1. The zero-order valence-corrected chi connectivity index (χ0v) is 9.19. The van der Waals surface area contributed by atoms with E-state index in [9.17, 15) is 9.59 Å². The molecule has 0 aliphatic rings. The van der Waals surface area contributed by atoms with E-state index in [2.05, 4.69) is 0 Å². The third kappa shape index (κ3) is 3.10. The first-order chi connectivity index (χ1) is 7.54. The fourth-order valence-corrected chi connectivity index (χ4v) is 1.26. The predicted octanol–water partition coefficient (Wildman–Crippen LogP) is 2.09. The van der Waals surface area contributed by atoms with Crippen molar-refractivity contribution in [3.8, 4) is 5.75 Å². The van der Waals surface area contributed by atoms with Gasteiger partial charge in [0.25, 0.3) is 0 Å². The van der Waals surface area contributed by atoms with Crippen molar-refractivity contribution in [1.82, 2.24) is 0 Å². The molecule has 0 radical (unpaired) electrons. The molecule has 1 aromatic carbocycles. The van der Waals surface area contributed by atoms with Crippen LogP contribution in [0.2, 0.25) is 0 Å². The van der Waals surface area contributed by atoms with Gasteiger partial charge in [-0.15, -0.1) is 0 Å². The highest BCUT2D eigenvalue weighted by Crippen LogP contribution is 2.16. The minimum absolute atomic E-state index is 0.309. The summed E-state index contributed by atoms with van der Waals surface area (Å²) in [4.78, 5) is 21.9. The molecule has 0 atom stereocenters. The van der Waals surface area contributed by atoms with E-state index >= 15 is 0 Å². The van der Waals surface area contributed by atoms with Gasteiger partial charge in [-0.3, -0.25) is 4.79 Å². The molecule has 0 saturated heterocycles. The van der Waals surface area contributed by atoms with E-state index in [1.807, 2.05) is 0 Å². The molecule has 16 heavy (non-hydrogen) atoms. The number of carboxylic acid groups (broad SMARTS) is 1. The summed E-state index contributed by atoms with van der Waals surface area (Å²) in [6.45, 7) is 0. The number of carbonyl (C=O) groups is 2. The second-order valence-electron chi connectivity index (χ2n) is 2.89. The number of methoxy groups -OCH3 is 1. The first-order valence-corrected chi connectivity index (χ1v) is 4.71. The lowest BCUT2D eigenvalue weighted by molar-refractivity contribution is -0.131. The Labute approximate surface area is 97.1 Å². The number of allylic oxidation sites excluding steroid dienone is 1. The smallest absolute Gasteiger partial charge is 0.329 e. The Bertz CT molecular complexity index is 434. The number of Topliss-reactive ketones (excluding diaryl/α,β-unsaturated/α-hetero) is 1. The topological polar surface area (TPSA) is 63.6 Å². The van der Waals surface area contributed by atoms with Crippen molar-refractivity contribution in [2.24, 2.45) is 0 Å². The zero-order valence-electron chi connectivity index (χ0n) is 8.44. The number of rotatable bonds is 4. The first kappa shape index (κ1) is 12.3. The highest BCUT2D eigenvalue weighted by Gasteiger charge is 2.11. The van der Waals surface area contributed by atoms with Gasteiger partial charge in [-0.2, -0.15) is 0 Å². The molecule has 5 heteroatoms. The molecule has 1 N–H and O–H groups in total. The van der Waals surface area contributed by atoms with Crippen LogP contribution in [0.25, 0.3) is 0 Å².